The summed E-state index contributed by atoms with van der Waals surface area (Å²) in [6, 6.07) is 13.6. The first-order chi connectivity index (χ1) is 13.5. The van der Waals surface area contributed by atoms with Gasteiger partial charge in [-0.3, -0.25) is 9.69 Å². The van der Waals surface area contributed by atoms with Crippen LogP contribution in [0.2, 0.25) is 10.0 Å². The molecule has 0 bridgehead atoms. The third kappa shape index (κ3) is 5.87. The van der Waals surface area contributed by atoms with Crippen LogP contribution in [0.25, 0.3) is 0 Å². The van der Waals surface area contributed by atoms with Crippen molar-refractivity contribution in [1.82, 2.24) is 10.2 Å². The Morgan fingerprint density at radius 1 is 1.18 bits per heavy atom. The van der Waals surface area contributed by atoms with Crippen molar-refractivity contribution in [3.63, 3.8) is 0 Å². The van der Waals surface area contributed by atoms with Gasteiger partial charge in [-0.15, -0.1) is 0 Å². The minimum Gasteiger partial charge on any atom is -0.494 e. The van der Waals surface area contributed by atoms with Crippen molar-refractivity contribution in [2.45, 2.75) is 32.9 Å². The summed E-state index contributed by atoms with van der Waals surface area (Å²) in [7, 11) is 0. The quantitative estimate of drug-likeness (QED) is 0.690. The fourth-order valence-corrected chi connectivity index (χ4v) is 3.98. The number of benzene rings is 2. The third-order valence-corrected chi connectivity index (χ3v) is 5.63. The zero-order valence-corrected chi connectivity index (χ0v) is 17.6. The summed E-state index contributed by atoms with van der Waals surface area (Å²) >= 11 is 12.1. The number of rotatable bonds is 7. The van der Waals surface area contributed by atoms with Crippen molar-refractivity contribution in [1.29, 1.82) is 0 Å². The Morgan fingerprint density at radius 2 is 1.96 bits per heavy atom. The summed E-state index contributed by atoms with van der Waals surface area (Å²) in [6.45, 7) is 5.81. The molecule has 0 saturated carbocycles. The zero-order valence-electron chi connectivity index (χ0n) is 16.1. The van der Waals surface area contributed by atoms with Crippen molar-refractivity contribution in [3.05, 3.63) is 63.6 Å². The molecule has 6 heteroatoms. The molecule has 150 valence electrons. The van der Waals surface area contributed by atoms with E-state index in [0.717, 1.165) is 43.8 Å². The number of amides is 1. The van der Waals surface area contributed by atoms with Gasteiger partial charge in [0.1, 0.15) is 5.75 Å². The van der Waals surface area contributed by atoms with Crippen LogP contribution >= 0.6 is 23.2 Å². The smallest absolute Gasteiger partial charge is 0.223 e. The fourth-order valence-electron chi connectivity index (χ4n) is 3.50. The molecule has 1 fully saturated rings. The predicted molar refractivity (Wildman–Crippen MR) is 114 cm³/mol. The molecule has 0 radical (unpaired) electrons. The van der Waals surface area contributed by atoms with Gasteiger partial charge in [0.15, 0.2) is 0 Å². The van der Waals surface area contributed by atoms with Crippen LogP contribution in [-0.4, -0.2) is 30.5 Å². The number of nitrogens with one attached hydrogen (secondary N) is 1. The Labute approximate surface area is 176 Å². The zero-order chi connectivity index (χ0) is 19.9. The van der Waals surface area contributed by atoms with Crippen molar-refractivity contribution < 1.29 is 9.53 Å². The van der Waals surface area contributed by atoms with E-state index < -0.39 is 0 Å². The Bertz CT molecular complexity index is 805. The predicted octanol–water partition coefficient (Wildman–Crippen LogP) is 4.92. The van der Waals surface area contributed by atoms with Crippen LogP contribution in [0.3, 0.4) is 0 Å². The standard InChI is InChI=1S/C22H26Cl2N2O2/c1-2-28-20-5-3-4-16(12-20)15-26-10-8-17(9-11-26)22(27)25-14-18-6-7-19(23)13-21(18)24/h3-7,12-13,17H,2,8-11,14-15H2,1H3,(H,25,27). The monoisotopic (exact) mass is 420 g/mol. The van der Waals surface area contributed by atoms with E-state index in [9.17, 15) is 4.79 Å². The molecule has 0 aliphatic carbocycles. The molecule has 28 heavy (non-hydrogen) atoms. The van der Waals surface area contributed by atoms with Gasteiger partial charge in [-0.25, -0.2) is 0 Å². The van der Waals surface area contributed by atoms with Crippen molar-refractivity contribution in [2.75, 3.05) is 19.7 Å². The van der Waals surface area contributed by atoms with Crippen molar-refractivity contribution in [3.8, 4) is 5.75 Å². The largest absolute Gasteiger partial charge is 0.494 e. The number of carbonyl (C=O) groups excluding carboxylic acids is 1. The van der Waals surface area contributed by atoms with Gasteiger partial charge in [0.2, 0.25) is 5.91 Å². The number of piperidine rings is 1. The number of nitrogens with zero attached hydrogens (tertiary/aromatic N) is 1. The van der Waals surface area contributed by atoms with Gasteiger partial charge in [0, 0.05) is 29.1 Å². The number of carbonyl (C=O) groups is 1. The van der Waals surface area contributed by atoms with Crippen molar-refractivity contribution >= 4 is 29.1 Å². The topological polar surface area (TPSA) is 41.6 Å². The first-order valence-electron chi connectivity index (χ1n) is 9.71. The highest BCUT2D eigenvalue weighted by Gasteiger charge is 2.25. The number of hydrogen-bond donors (Lipinski definition) is 1. The summed E-state index contributed by atoms with van der Waals surface area (Å²) in [5.74, 6) is 1.07. The molecule has 1 aliphatic heterocycles. The Hall–Kier alpha value is -1.75. The fraction of sp³-hybridized carbons (Fsp3) is 0.409. The molecule has 1 aliphatic rings. The second kappa shape index (κ2) is 10.1. The molecule has 0 spiro atoms. The molecule has 0 atom stereocenters. The summed E-state index contributed by atoms with van der Waals surface area (Å²) in [5, 5.41) is 4.19. The highest BCUT2D eigenvalue weighted by Crippen LogP contribution is 2.23. The number of halogens is 2. The summed E-state index contributed by atoms with van der Waals surface area (Å²) in [4.78, 5) is 14.9. The molecule has 1 N–H and O–H groups in total. The van der Waals surface area contributed by atoms with Crippen LogP contribution in [0.5, 0.6) is 5.75 Å². The van der Waals surface area contributed by atoms with E-state index in [2.05, 4.69) is 22.3 Å². The Balaban J connectivity index is 1.45. The molecular weight excluding hydrogens is 395 g/mol. The van der Waals surface area contributed by atoms with E-state index in [1.165, 1.54) is 5.56 Å². The molecule has 1 saturated heterocycles. The van der Waals surface area contributed by atoms with Gasteiger partial charge in [-0.05, 0) is 68.2 Å². The van der Waals surface area contributed by atoms with Gasteiger partial charge in [0.05, 0.1) is 6.61 Å². The van der Waals surface area contributed by atoms with Gasteiger partial charge in [-0.1, -0.05) is 41.4 Å². The van der Waals surface area contributed by atoms with E-state index in [1.54, 1.807) is 12.1 Å². The Morgan fingerprint density at radius 3 is 2.68 bits per heavy atom. The minimum absolute atomic E-state index is 0.0529. The summed E-state index contributed by atoms with van der Waals surface area (Å²) in [6.07, 6.45) is 1.73. The molecule has 1 amide bonds. The number of ether oxygens (including phenoxy) is 1. The average molecular weight is 421 g/mol. The maximum atomic E-state index is 12.5. The molecule has 2 aromatic carbocycles. The van der Waals surface area contributed by atoms with E-state index in [0.29, 0.717) is 23.2 Å². The second-order valence-corrected chi connectivity index (χ2v) is 7.93. The van der Waals surface area contributed by atoms with E-state index >= 15 is 0 Å². The van der Waals surface area contributed by atoms with Crippen molar-refractivity contribution in [2.24, 2.45) is 5.92 Å². The van der Waals surface area contributed by atoms with Crippen LogP contribution in [0.15, 0.2) is 42.5 Å². The molecule has 4 nitrogen and oxygen atoms in total. The summed E-state index contributed by atoms with van der Waals surface area (Å²) in [5.41, 5.74) is 2.12. The molecule has 2 aromatic rings. The van der Waals surface area contributed by atoms with Gasteiger partial charge < -0.3 is 10.1 Å². The second-order valence-electron chi connectivity index (χ2n) is 7.08. The molecule has 0 unspecified atom stereocenters. The first kappa shape index (κ1) is 21.0. The van der Waals surface area contributed by atoms with Gasteiger partial charge in [0.25, 0.3) is 0 Å². The normalized spacial score (nSPS) is 15.4. The maximum absolute atomic E-state index is 12.5. The minimum atomic E-state index is 0.0529. The highest BCUT2D eigenvalue weighted by molar-refractivity contribution is 6.35. The van der Waals surface area contributed by atoms with Crippen LogP contribution in [0.4, 0.5) is 0 Å². The molecular formula is C22H26Cl2N2O2. The van der Waals surface area contributed by atoms with Crippen LogP contribution in [0.1, 0.15) is 30.9 Å². The maximum Gasteiger partial charge on any atom is 0.223 e. The van der Waals surface area contributed by atoms with E-state index in [1.807, 2.05) is 25.1 Å². The van der Waals surface area contributed by atoms with Crippen LogP contribution in [-0.2, 0) is 17.9 Å². The van der Waals surface area contributed by atoms with Gasteiger partial charge in [-0.2, -0.15) is 0 Å². The van der Waals surface area contributed by atoms with Crippen LogP contribution < -0.4 is 10.1 Å². The molecule has 3 rings (SSSR count). The van der Waals surface area contributed by atoms with E-state index in [-0.39, 0.29) is 11.8 Å². The number of likely N-dealkylation sites (tertiary alicyclic amines) is 1. The Kier molecular flexibility index (Phi) is 7.60. The first-order valence-corrected chi connectivity index (χ1v) is 10.5. The van der Waals surface area contributed by atoms with E-state index in [4.69, 9.17) is 27.9 Å². The lowest BCUT2D eigenvalue weighted by Crippen LogP contribution is -2.40. The third-order valence-electron chi connectivity index (χ3n) is 5.04. The molecule has 1 heterocycles. The SMILES string of the molecule is CCOc1cccc(CN2CCC(C(=O)NCc3ccc(Cl)cc3Cl)CC2)c1. The lowest BCUT2D eigenvalue weighted by Gasteiger charge is -2.31. The summed E-state index contributed by atoms with van der Waals surface area (Å²) < 4.78 is 5.57. The molecule has 0 aromatic heterocycles. The highest BCUT2D eigenvalue weighted by atomic mass is 35.5. The number of hydrogen-bond acceptors (Lipinski definition) is 3. The lowest BCUT2D eigenvalue weighted by molar-refractivity contribution is -0.126. The van der Waals surface area contributed by atoms with Gasteiger partial charge >= 0.3 is 0 Å². The van der Waals surface area contributed by atoms with Crippen LogP contribution in [0, 0.1) is 5.92 Å². The average Bonchev–Trinajstić information content (AvgIpc) is 2.68. The lowest BCUT2D eigenvalue weighted by atomic mass is 9.95.